The van der Waals surface area contributed by atoms with Crippen LogP contribution in [0.3, 0.4) is 0 Å². The molecule has 2 aromatic carbocycles. The summed E-state index contributed by atoms with van der Waals surface area (Å²) in [5, 5.41) is 0. The number of rotatable bonds is 9. The Balaban J connectivity index is 1.84. The van der Waals surface area contributed by atoms with Crippen LogP contribution >= 0.6 is 15.9 Å². The third-order valence-corrected chi connectivity index (χ3v) is 6.28. The molecule has 0 aliphatic carbocycles. The molecule has 6 heteroatoms. The van der Waals surface area contributed by atoms with Crippen LogP contribution in [0.5, 0.6) is 0 Å². The smallest absolute Gasteiger partial charge is 0.254 e. The van der Waals surface area contributed by atoms with Gasteiger partial charge in [-0.15, -0.1) is 0 Å². The lowest BCUT2D eigenvalue weighted by Crippen LogP contribution is -2.46. The maximum atomic E-state index is 13.5. The Labute approximate surface area is 198 Å². The number of aryl methyl sites for hydroxylation is 1. The number of carbonyl (C=O) groups excluding carboxylic acids is 2. The molecule has 5 nitrogen and oxygen atoms in total. The number of aromatic nitrogens is 1. The minimum Gasteiger partial charge on any atom is -0.353 e. The van der Waals surface area contributed by atoms with Crippen molar-refractivity contribution in [3.8, 4) is 0 Å². The van der Waals surface area contributed by atoms with Gasteiger partial charge in [0, 0.05) is 41.6 Å². The van der Waals surface area contributed by atoms with Gasteiger partial charge in [-0.1, -0.05) is 53.2 Å². The molecule has 0 N–H and O–H groups in total. The van der Waals surface area contributed by atoms with E-state index < -0.39 is 0 Å². The zero-order valence-corrected chi connectivity index (χ0v) is 20.5. The molecule has 1 atom stereocenters. The van der Waals surface area contributed by atoms with Gasteiger partial charge in [0.2, 0.25) is 5.91 Å². The quantitative estimate of drug-likeness (QED) is 0.406. The van der Waals surface area contributed by atoms with Gasteiger partial charge in [-0.3, -0.25) is 9.59 Å². The third-order valence-electron chi connectivity index (χ3n) is 5.75. The van der Waals surface area contributed by atoms with E-state index in [0.717, 1.165) is 22.2 Å². The molecule has 32 heavy (non-hydrogen) atoms. The summed E-state index contributed by atoms with van der Waals surface area (Å²) >= 11 is 3.41. The minimum atomic E-state index is -0.126. The molecule has 168 valence electrons. The highest BCUT2D eigenvalue weighted by molar-refractivity contribution is 9.10. The van der Waals surface area contributed by atoms with Gasteiger partial charge in [0.05, 0.1) is 6.54 Å². The van der Waals surface area contributed by atoms with Crippen molar-refractivity contribution in [1.29, 1.82) is 0 Å². The minimum absolute atomic E-state index is 0.0428. The molecule has 1 aromatic heterocycles. The molecule has 1 heterocycles. The number of hydrogen-bond donors (Lipinski definition) is 0. The second-order valence-electron chi connectivity index (χ2n) is 8.04. The van der Waals surface area contributed by atoms with Crippen LogP contribution in [0.1, 0.15) is 41.9 Å². The first-order chi connectivity index (χ1) is 15.4. The molecule has 0 radical (unpaired) electrons. The fourth-order valence-electron chi connectivity index (χ4n) is 3.54. The van der Waals surface area contributed by atoms with Gasteiger partial charge in [0.15, 0.2) is 0 Å². The Bertz CT molecular complexity index is 1030. The van der Waals surface area contributed by atoms with E-state index in [1.165, 1.54) is 0 Å². The number of hydrogen-bond acceptors (Lipinski definition) is 2. The van der Waals surface area contributed by atoms with E-state index in [4.69, 9.17) is 0 Å². The van der Waals surface area contributed by atoms with Gasteiger partial charge < -0.3 is 14.4 Å². The first-order valence-corrected chi connectivity index (χ1v) is 11.7. The van der Waals surface area contributed by atoms with Crippen molar-refractivity contribution >= 4 is 27.7 Å². The predicted molar refractivity (Wildman–Crippen MR) is 131 cm³/mol. The van der Waals surface area contributed by atoms with Crippen LogP contribution < -0.4 is 0 Å². The highest BCUT2D eigenvalue weighted by Crippen LogP contribution is 2.17. The third kappa shape index (κ3) is 6.10. The van der Waals surface area contributed by atoms with Gasteiger partial charge >= 0.3 is 0 Å². The molecular formula is C26H30BrN3O2. The fourth-order valence-corrected chi connectivity index (χ4v) is 3.81. The Morgan fingerprint density at radius 2 is 1.66 bits per heavy atom. The Morgan fingerprint density at radius 3 is 2.25 bits per heavy atom. The summed E-state index contributed by atoms with van der Waals surface area (Å²) in [4.78, 5) is 30.3. The highest BCUT2D eigenvalue weighted by atomic mass is 79.9. The second kappa shape index (κ2) is 11.1. The molecule has 0 spiro atoms. The van der Waals surface area contributed by atoms with Crippen LogP contribution in [0, 0.1) is 0 Å². The van der Waals surface area contributed by atoms with Gasteiger partial charge in [-0.25, -0.2) is 0 Å². The van der Waals surface area contributed by atoms with E-state index >= 15 is 0 Å². The second-order valence-corrected chi connectivity index (χ2v) is 8.96. The molecule has 0 saturated carbocycles. The first kappa shape index (κ1) is 23.8. The largest absolute Gasteiger partial charge is 0.353 e. The van der Waals surface area contributed by atoms with Gasteiger partial charge in [-0.05, 0) is 55.3 Å². The van der Waals surface area contributed by atoms with Gasteiger partial charge in [0.25, 0.3) is 5.91 Å². The maximum Gasteiger partial charge on any atom is 0.254 e. The molecule has 0 bridgehead atoms. The lowest BCUT2D eigenvalue weighted by atomic mass is 10.1. The lowest BCUT2D eigenvalue weighted by molar-refractivity contribution is -0.133. The van der Waals surface area contributed by atoms with Crippen LogP contribution in [-0.2, 0) is 24.9 Å². The summed E-state index contributed by atoms with van der Waals surface area (Å²) < 4.78 is 2.93. The molecule has 3 rings (SSSR count). The standard InChI is InChI=1S/C26H30BrN3O2/c1-4-20(2)30(26(32)22-12-14-23(27)15-13-22)19-25(31)29(17-21-9-6-5-7-10-21)18-24-11-8-16-28(24)3/h5-16,20H,4,17-19H2,1-3H3. The summed E-state index contributed by atoms with van der Waals surface area (Å²) in [5.74, 6) is -0.195. The fraction of sp³-hybridized carbons (Fsp3) is 0.308. The summed E-state index contributed by atoms with van der Waals surface area (Å²) in [5.41, 5.74) is 2.69. The first-order valence-electron chi connectivity index (χ1n) is 10.9. The van der Waals surface area contributed by atoms with E-state index in [-0.39, 0.29) is 24.4 Å². The van der Waals surface area contributed by atoms with E-state index in [1.807, 2.05) is 91.2 Å². The average molecular weight is 496 g/mol. The van der Waals surface area contributed by atoms with Crippen molar-refractivity contribution in [3.05, 3.63) is 94.2 Å². The van der Waals surface area contributed by atoms with Crippen LogP contribution in [0.4, 0.5) is 0 Å². The van der Waals surface area contributed by atoms with E-state index in [2.05, 4.69) is 15.9 Å². The summed E-state index contributed by atoms with van der Waals surface area (Å²) in [6, 6.07) is 21.2. The van der Waals surface area contributed by atoms with Crippen molar-refractivity contribution < 1.29 is 9.59 Å². The van der Waals surface area contributed by atoms with E-state index in [0.29, 0.717) is 18.7 Å². The highest BCUT2D eigenvalue weighted by Gasteiger charge is 2.26. The van der Waals surface area contributed by atoms with Crippen molar-refractivity contribution in [3.63, 3.8) is 0 Å². The molecule has 0 aliphatic heterocycles. The zero-order valence-electron chi connectivity index (χ0n) is 18.9. The summed E-state index contributed by atoms with van der Waals surface area (Å²) in [7, 11) is 1.98. The normalized spacial score (nSPS) is 11.8. The van der Waals surface area contributed by atoms with Crippen molar-refractivity contribution in [1.82, 2.24) is 14.4 Å². The van der Waals surface area contributed by atoms with Crippen LogP contribution in [0.25, 0.3) is 0 Å². The van der Waals surface area contributed by atoms with Crippen molar-refractivity contribution in [2.45, 2.75) is 39.4 Å². The SMILES string of the molecule is CCC(C)N(CC(=O)N(Cc1ccccc1)Cc1cccn1C)C(=O)c1ccc(Br)cc1. The monoisotopic (exact) mass is 495 g/mol. The molecule has 0 saturated heterocycles. The number of nitrogens with zero attached hydrogens (tertiary/aromatic N) is 3. The molecular weight excluding hydrogens is 466 g/mol. The summed E-state index contributed by atoms with van der Waals surface area (Å²) in [6.07, 6.45) is 2.75. The molecule has 1 unspecified atom stereocenters. The van der Waals surface area contributed by atoms with Gasteiger partial charge in [0.1, 0.15) is 6.54 Å². The molecule has 2 amide bonds. The van der Waals surface area contributed by atoms with Crippen LogP contribution in [-0.4, -0.2) is 38.8 Å². The zero-order chi connectivity index (χ0) is 23.1. The van der Waals surface area contributed by atoms with E-state index in [9.17, 15) is 9.59 Å². The topological polar surface area (TPSA) is 45.6 Å². The number of benzene rings is 2. The number of carbonyl (C=O) groups is 2. The van der Waals surface area contributed by atoms with Gasteiger partial charge in [-0.2, -0.15) is 0 Å². The Morgan fingerprint density at radius 1 is 0.969 bits per heavy atom. The number of halogens is 1. The predicted octanol–water partition coefficient (Wildman–Crippen LogP) is 5.26. The van der Waals surface area contributed by atoms with Crippen molar-refractivity contribution in [2.24, 2.45) is 7.05 Å². The van der Waals surface area contributed by atoms with E-state index in [1.54, 1.807) is 17.0 Å². The molecule has 0 aliphatic rings. The van der Waals surface area contributed by atoms with Crippen LogP contribution in [0.15, 0.2) is 77.4 Å². The van der Waals surface area contributed by atoms with Crippen LogP contribution in [0.2, 0.25) is 0 Å². The molecule has 3 aromatic rings. The number of amides is 2. The van der Waals surface area contributed by atoms with Crippen molar-refractivity contribution in [2.75, 3.05) is 6.54 Å². The average Bonchev–Trinajstić information content (AvgIpc) is 3.21. The molecule has 0 fully saturated rings. The Hall–Kier alpha value is -2.86. The Kier molecular flexibility index (Phi) is 8.28. The lowest BCUT2D eigenvalue weighted by Gasteiger charge is -2.31. The summed E-state index contributed by atoms with van der Waals surface area (Å²) in [6.45, 7) is 5.04. The maximum absolute atomic E-state index is 13.5.